The van der Waals surface area contributed by atoms with Crippen LogP contribution in [-0.2, 0) is 6.54 Å². The summed E-state index contributed by atoms with van der Waals surface area (Å²) in [6.45, 7) is 10.4. The molecule has 0 saturated carbocycles. The summed E-state index contributed by atoms with van der Waals surface area (Å²) < 4.78 is 5.67. The van der Waals surface area contributed by atoms with Crippen LogP contribution in [0.1, 0.15) is 38.7 Å². The Balaban J connectivity index is 1.69. The summed E-state index contributed by atoms with van der Waals surface area (Å²) in [5.41, 5.74) is 1.15. The highest BCUT2D eigenvalue weighted by Crippen LogP contribution is 2.17. The summed E-state index contributed by atoms with van der Waals surface area (Å²) in [5.74, 6) is 2.63. The minimum Gasteiger partial charge on any atom is -0.494 e. The summed E-state index contributed by atoms with van der Waals surface area (Å²) in [4.78, 5) is 6.90. The fourth-order valence-electron chi connectivity index (χ4n) is 3.34. The van der Waals surface area contributed by atoms with Crippen LogP contribution in [0.3, 0.4) is 0 Å². The van der Waals surface area contributed by atoms with Gasteiger partial charge in [0.2, 0.25) is 0 Å². The van der Waals surface area contributed by atoms with E-state index in [4.69, 9.17) is 4.74 Å². The first-order valence-electron chi connectivity index (χ1n) is 9.60. The van der Waals surface area contributed by atoms with E-state index in [0.29, 0.717) is 13.2 Å². The van der Waals surface area contributed by atoms with Gasteiger partial charge in [0.1, 0.15) is 5.75 Å². The molecule has 25 heavy (non-hydrogen) atoms. The summed E-state index contributed by atoms with van der Waals surface area (Å²) in [6.07, 6.45) is 3.87. The highest BCUT2D eigenvalue weighted by molar-refractivity contribution is 5.79. The number of likely N-dealkylation sites (tertiary alicyclic amines) is 1. The molecule has 2 N–H and O–H groups in total. The molecule has 0 spiro atoms. The summed E-state index contributed by atoms with van der Waals surface area (Å²) in [7, 11) is 1.82. The van der Waals surface area contributed by atoms with Gasteiger partial charge in [-0.2, -0.15) is 0 Å². The molecule has 1 fully saturated rings. The average Bonchev–Trinajstić information content (AvgIpc) is 2.62. The van der Waals surface area contributed by atoms with Crippen molar-refractivity contribution in [2.75, 3.05) is 39.8 Å². The molecule has 0 aliphatic carbocycles. The molecule has 140 valence electrons. The van der Waals surface area contributed by atoms with Gasteiger partial charge in [-0.1, -0.05) is 25.1 Å². The van der Waals surface area contributed by atoms with Crippen molar-refractivity contribution in [3.8, 4) is 5.75 Å². The van der Waals surface area contributed by atoms with Crippen LogP contribution in [0.15, 0.2) is 29.3 Å². The largest absolute Gasteiger partial charge is 0.494 e. The second-order valence-electron chi connectivity index (χ2n) is 6.79. The topological polar surface area (TPSA) is 48.9 Å². The van der Waals surface area contributed by atoms with E-state index < -0.39 is 0 Å². The second-order valence-corrected chi connectivity index (χ2v) is 6.79. The Labute approximate surface area is 152 Å². The Morgan fingerprint density at radius 3 is 2.92 bits per heavy atom. The Morgan fingerprint density at radius 2 is 2.16 bits per heavy atom. The quantitative estimate of drug-likeness (QED) is 0.432. The zero-order valence-corrected chi connectivity index (χ0v) is 16.1. The summed E-state index contributed by atoms with van der Waals surface area (Å²) in [6, 6.07) is 8.14. The van der Waals surface area contributed by atoms with E-state index in [-0.39, 0.29) is 0 Å². The van der Waals surface area contributed by atoms with Gasteiger partial charge in [-0.25, -0.2) is 0 Å². The van der Waals surface area contributed by atoms with Crippen molar-refractivity contribution in [3.63, 3.8) is 0 Å². The Bertz CT molecular complexity index is 532. The molecule has 2 rings (SSSR count). The first-order chi connectivity index (χ1) is 12.2. The van der Waals surface area contributed by atoms with Gasteiger partial charge in [0, 0.05) is 32.2 Å². The summed E-state index contributed by atoms with van der Waals surface area (Å²) in [5, 5.41) is 6.79. The predicted octanol–water partition coefficient (Wildman–Crippen LogP) is 2.87. The fourth-order valence-corrected chi connectivity index (χ4v) is 3.34. The van der Waals surface area contributed by atoms with Crippen LogP contribution in [0.4, 0.5) is 0 Å². The van der Waals surface area contributed by atoms with Gasteiger partial charge in [-0.05, 0) is 51.3 Å². The Kier molecular flexibility index (Phi) is 8.60. The van der Waals surface area contributed by atoms with Gasteiger partial charge in [0.05, 0.1) is 6.61 Å². The zero-order valence-electron chi connectivity index (χ0n) is 16.1. The van der Waals surface area contributed by atoms with Crippen LogP contribution < -0.4 is 15.4 Å². The molecule has 1 aromatic carbocycles. The first-order valence-corrected chi connectivity index (χ1v) is 9.60. The lowest BCUT2D eigenvalue weighted by Gasteiger charge is -2.30. The molecule has 5 nitrogen and oxygen atoms in total. The average molecular weight is 347 g/mol. The van der Waals surface area contributed by atoms with Crippen LogP contribution >= 0.6 is 0 Å². The van der Waals surface area contributed by atoms with Gasteiger partial charge >= 0.3 is 0 Å². The van der Waals surface area contributed by atoms with Crippen molar-refractivity contribution < 1.29 is 4.74 Å². The predicted molar refractivity (Wildman–Crippen MR) is 105 cm³/mol. The minimum atomic E-state index is 0.680. The number of hydrogen-bond acceptors (Lipinski definition) is 3. The van der Waals surface area contributed by atoms with Gasteiger partial charge in [0.25, 0.3) is 0 Å². The lowest BCUT2D eigenvalue weighted by molar-refractivity contribution is 0.182. The van der Waals surface area contributed by atoms with Crippen molar-refractivity contribution in [2.24, 2.45) is 10.9 Å². The maximum absolute atomic E-state index is 5.67. The van der Waals surface area contributed by atoms with E-state index in [1.54, 1.807) is 0 Å². The van der Waals surface area contributed by atoms with Gasteiger partial charge in [-0.15, -0.1) is 0 Å². The van der Waals surface area contributed by atoms with Crippen LogP contribution in [0.5, 0.6) is 5.75 Å². The number of aliphatic imine (C=N–C) groups is 1. The zero-order chi connectivity index (χ0) is 17.9. The third-order valence-electron chi connectivity index (χ3n) is 4.63. The maximum atomic E-state index is 5.67. The van der Waals surface area contributed by atoms with Crippen molar-refractivity contribution in [2.45, 2.75) is 39.7 Å². The highest BCUT2D eigenvalue weighted by Gasteiger charge is 2.15. The number of nitrogens with one attached hydrogen (secondary N) is 2. The smallest absolute Gasteiger partial charge is 0.191 e. The lowest BCUT2D eigenvalue weighted by atomic mass is 10.0. The third kappa shape index (κ3) is 6.94. The molecule has 1 unspecified atom stereocenters. The highest BCUT2D eigenvalue weighted by atomic mass is 16.5. The fraction of sp³-hybridized carbons (Fsp3) is 0.650. The number of hydrogen-bond donors (Lipinski definition) is 2. The monoisotopic (exact) mass is 346 g/mol. The van der Waals surface area contributed by atoms with E-state index >= 15 is 0 Å². The number of ether oxygens (including phenoxy) is 1. The molecule has 0 radical (unpaired) electrons. The van der Waals surface area contributed by atoms with Gasteiger partial charge in [0.15, 0.2) is 5.96 Å². The Hall–Kier alpha value is -1.75. The number of nitrogens with zero attached hydrogens (tertiary/aromatic N) is 2. The second kappa shape index (κ2) is 11.0. The molecule has 1 heterocycles. The van der Waals surface area contributed by atoms with E-state index in [1.165, 1.54) is 32.5 Å². The third-order valence-corrected chi connectivity index (χ3v) is 4.63. The molecular weight excluding hydrogens is 312 g/mol. The van der Waals surface area contributed by atoms with Crippen molar-refractivity contribution >= 4 is 5.96 Å². The lowest BCUT2D eigenvalue weighted by Crippen LogP contribution is -2.39. The number of piperidine rings is 1. The molecule has 0 amide bonds. The SMILES string of the molecule is CCOc1ccccc1CNC(=NC)NCCCN1CCCC(C)C1. The van der Waals surface area contributed by atoms with Crippen LogP contribution in [0.25, 0.3) is 0 Å². The molecular formula is C20H34N4O. The van der Waals surface area contributed by atoms with Gasteiger partial charge < -0.3 is 20.3 Å². The summed E-state index contributed by atoms with van der Waals surface area (Å²) >= 11 is 0. The number of para-hydroxylation sites is 1. The molecule has 1 aromatic rings. The van der Waals surface area contributed by atoms with Gasteiger partial charge in [-0.3, -0.25) is 4.99 Å². The minimum absolute atomic E-state index is 0.680. The number of guanidine groups is 1. The van der Waals surface area contributed by atoms with Crippen molar-refractivity contribution in [1.29, 1.82) is 0 Å². The van der Waals surface area contributed by atoms with Crippen LogP contribution in [-0.4, -0.2) is 50.7 Å². The molecule has 1 aliphatic heterocycles. The molecule has 0 bridgehead atoms. The van der Waals surface area contributed by atoms with Crippen LogP contribution in [0.2, 0.25) is 0 Å². The molecule has 0 aromatic heterocycles. The normalized spacial score (nSPS) is 18.8. The molecule has 1 atom stereocenters. The van der Waals surface area contributed by atoms with Crippen LogP contribution in [0, 0.1) is 5.92 Å². The first kappa shape index (κ1) is 19.6. The van der Waals surface area contributed by atoms with Crippen molar-refractivity contribution in [3.05, 3.63) is 29.8 Å². The van der Waals surface area contributed by atoms with Crippen molar-refractivity contribution in [1.82, 2.24) is 15.5 Å². The maximum Gasteiger partial charge on any atom is 0.191 e. The molecule has 1 saturated heterocycles. The van der Waals surface area contributed by atoms with E-state index in [2.05, 4.69) is 33.5 Å². The van der Waals surface area contributed by atoms with E-state index in [9.17, 15) is 0 Å². The number of benzene rings is 1. The van der Waals surface area contributed by atoms with E-state index in [0.717, 1.165) is 36.2 Å². The molecule has 1 aliphatic rings. The number of rotatable bonds is 8. The standard InChI is InChI=1S/C20H34N4O/c1-4-25-19-11-6-5-10-18(19)15-23-20(21-3)22-12-8-14-24-13-7-9-17(2)16-24/h5-6,10-11,17H,4,7-9,12-16H2,1-3H3,(H2,21,22,23). The molecule has 5 heteroatoms. The Morgan fingerprint density at radius 1 is 1.32 bits per heavy atom. The van der Waals surface area contributed by atoms with E-state index in [1.807, 2.05) is 32.2 Å².